The van der Waals surface area contributed by atoms with Crippen molar-refractivity contribution >= 4 is 22.7 Å². The summed E-state index contributed by atoms with van der Waals surface area (Å²) in [6.45, 7) is 5.25. The van der Waals surface area contributed by atoms with Gasteiger partial charge in [-0.05, 0) is 25.1 Å². The van der Waals surface area contributed by atoms with Crippen LogP contribution in [-0.4, -0.2) is 20.6 Å². The Balaban J connectivity index is 2.41. The van der Waals surface area contributed by atoms with Crippen molar-refractivity contribution in [2.45, 2.75) is 6.92 Å². The normalized spacial score (nSPS) is 13.0. The third kappa shape index (κ3) is 2.13. The number of aromatic nitrogens is 3. The van der Waals surface area contributed by atoms with E-state index >= 15 is 0 Å². The Morgan fingerprint density at radius 3 is 3.11 bits per heavy atom. The standard InChI is InChI=1S/C12H12FN5/c1-3-9(13)12(14)17-8(2)18-11-5-4-6-15-10(11)7-16-18/h3-7H,2H2,1H3,(H2,14,17)/b9-3+. The molecule has 0 unspecified atom stereocenters. The molecule has 0 saturated carbocycles. The van der Waals surface area contributed by atoms with Gasteiger partial charge in [-0.1, -0.05) is 6.58 Å². The van der Waals surface area contributed by atoms with Crippen molar-refractivity contribution in [3.05, 3.63) is 43.0 Å². The molecule has 0 atom stereocenters. The molecule has 0 radical (unpaired) electrons. The first kappa shape index (κ1) is 12.0. The zero-order chi connectivity index (χ0) is 13.1. The summed E-state index contributed by atoms with van der Waals surface area (Å²) < 4.78 is 14.6. The largest absolute Gasteiger partial charge is 0.381 e. The van der Waals surface area contributed by atoms with Gasteiger partial charge in [-0.25, -0.2) is 14.1 Å². The minimum atomic E-state index is -0.592. The fourth-order valence-electron chi connectivity index (χ4n) is 1.46. The molecule has 92 valence electrons. The van der Waals surface area contributed by atoms with E-state index in [4.69, 9.17) is 5.73 Å². The number of allylic oxidation sites excluding steroid dienone is 1. The summed E-state index contributed by atoms with van der Waals surface area (Å²) in [4.78, 5) is 7.99. The van der Waals surface area contributed by atoms with Gasteiger partial charge in [0.1, 0.15) is 11.3 Å². The first-order valence-electron chi connectivity index (χ1n) is 5.28. The fraction of sp³-hybridized carbons (Fsp3) is 0.0833. The van der Waals surface area contributed by atoms with E-state index < -0.39 is 5.83 Å². The van der Waals surface area contributed by atoms with Crippen molar-refractivity contribution in [1.82, 2.24) is 14.8 Å². The van der Waals surface area contributed by atoms with Crippen LogP contribution in [0.15, 0.2) is 48.0 Å². The van der Waals surface area contributed by atoms with Crippen LogP contribution in [0.4, 0.5) is 4.39 Å². The molecule has 2 aromatic heterocycles. The molecule has 2 aromatic rings. The van der Waals surface area contributed by atoms with Crippen molar-refractivity contribution in [2.75, 3.05) is 0 Å². The topological polar surface area (TPSA) is 69.1 Å². The average Bonchev–Trinajstić information content (AvgIpc) is 2.81. The summed E-state index contributed by atoms with van der Waals surface area (Å²) in [5.74, 6) is -0.590. The smallest absolute Gasteiger partial charge is 0.161 e. The Bertz CT molecular complexity index is 653. The molecule has 6 heteroatoms. The van der Waals surface area contributed by atoms with Gasteiger partial charge in [-0.3, -0.25) is 4.98 Å². The molecular formula is C12H12FN5. The lowest BCUT2D eigenvalue weighted by atomic mass is 10.4. The third-order valence-corrected chi connectivity index (χ3v) is 2.33. The molecule has 0 aliphatic carbocycles. The van der Waals surface area contributed by atoms with Gasteiger partial charge in [-0.15, -0.1) is 0 Å². The van der Waals surface area contributed by atoms with Crippen LogP contribution in [0.2, 0.25) is 0 Å². The molecule has 0 spiro atoms. The minimum absolute atomic E-state index is 0.227. The van der Waals surface area contributed by atoms with Crippen LogP contribution in [0.1, 0.15) is 6.92 Å². The maximum absolute atomic E-state index is 13.2. The number of pyridine rings is 1. The van der Waals surface area contributed by atoms with Crippen LogP contribution in [0.5, 0.6) is 0 Å². The minimum Gasteiger partial charge on any atom is -0.381 e. The van der Waals surface area contributed by atoms with E-state index in [0.29, 0.717) is 5.52 Å². The fourth-order valence-corrected chi connectivity index (χ4v) is 1.46. The van der Waals surface area contributed by atoms with Gasteiger partial charge in [0.05, 0.1) is 11.7 Å². The monoisotopic (exact) mass is 245 g/mol. The summed E-state index contributed by atoms with van der Waals surface area (Å²) in [5, 5.41) is 4.08. The SMILES string of the molecule is C=C(N=C(N)/C(F)=C\C)n1ncc2ncccc21. The lowest BCUT2D eigenvalue weighted by Gasteiger charge is -2.03. The zero-order valence-corrected chi connectivity index (χ0v) is 9.84. The lowest BCUT2D eigenvalue weighted by molar-refractivity contribution is 0.677. The second-order valence-electron chi connectivity index (χ2n) is 3.51. The van der Waals surface area contributed by atoms with E-state index in [1.807, 2.05) is 6.07 Å². The van der Waals surface area contributed by atoms with Crippen molar-refractivity contribution < 1.29 is 4.39 Å². The van der Waals surface area contributed by atoms with Crippen LogP contribution >= 0.6 is 0 Å². The zero-order valence-electron chi connectivity index (χ0n) is 9.84. The Hall–Kier alpha value is -2.50. The van der Waals surface area contributed by atoms with Crippen LogP contribution in [-0.2, 0) is 0 Å². The lowest BCUT2D eigenvalue weighted by Crippen LogP contribution is -2.13. The number of hydrogen-bond acceptors (Lipinski definition) is 3. The van der Waals surface area contributed by atoms with Crippen molar-refractivity contribution in [2.24, 2.45) is 10.7 Å². The highest BCUT2D eigenvalue weighted by molar-refractivity contribution is 5.97. The molecule has 0 aliphatic heterocycles. The summed E-state index contributed by atoms with van der Waals surface area (Å²) in [6, 6.07) is 3.59. The van der Waals surface area contributed by atoms with Gasteiger partial charge in [0.15, 0.2) is 11.7 Å². The van der Waals surface area contributed by atoms with Crippen LogP contribution < -0.4 is 5.73 Å². The Kier molecular flexibility index (Phi) is 3.18. The average molecular weight is 245 g/mol. The van der Waals surface area contributed by atoms with Gasteiger partial charge in [-0.2, -0.15) is 5.10 Å². The Morgan fingerprint density at radius 2 is 2.39 bits per heavy atom. The van der Waals surface area contributed by atoms with E-state index in [-0.39, 0.29) is 11.7 Å². The number of halogens is 1. The second kappa shape index (κ2) is 4.79. The van der Waals surface area contributed by atoms with Gasteiger partial charge >= 0.3 is 0 Å². The first-order valence-corrected chi connectivity index (χ1v) is 5.28. The molecule has 0 fully saturated rings. The van der Waals surface area contributed by atoms with E-state index in [1.54, 1.807) is 18.5 Å². The molecule has 2 rings (SSSR count). The van der Waals surface area contributed by atoms with Crippen LogP contribution in [0, 0.1) is 0 Å². The number of rotatable bonds is 3. The van der Waals surface area contributed by atoms with Gasteiger partial charge < -0.3 is 5.73 Å². The molecule has 5 nitrogen and oxygen atoms in total. The number of fused-ring (bicyclic) bond motifs is 1. The Labute approximate surface area is 103 Å². The maximum atomic E-state index is 13.2. The van der Waals surface area contributed by atoms with Crippen molar-refractivity contribution in [3.8, 4) is 0 Å². The van der Waals surface area contributed by atoms with Gasteiger partial charge in [0.25, 0.3) is 0 Å². The number of hydrogen-bond donors (Lipinski definition) is 1. The Morgan fingerprint density at radius 1 is 1.61 bits per heavy atom. The number of amidine groups is 1. The van der Waals surface area contributed by atoms with Crippen molar-refractivity contribution in [1.29, 1.82) is 0 Å². The highest BCUT2D eigenvalue weighted by Gasteiger charge is 2.07. The summed E-state index contributed by atoms with van der Waals surface area (Å²) in [7, 11) is 0. The number of nitrogens with two attached hydrogens (primary N) is 1. The van der Waals surface area contributed by atoms with Crippen LogP contribution in [0.3, 0.4) is 0 Å². The maximum Gasteiger partial charge on any atom is 0.161 e. The van der Waals surface area contributed by atoms with Gasteiger partial charge in [0, 0.05) is 6.20 Å². The number of nitrogens with zero attached hydrogens (tertiary/aromatic N) is 4. The summed E-state index contributed by atoms with van der Waals surface area (Å²) >= 11 is 0. The predicted molar refractivity (Wildman–Crippen MR) is 69.3 cm³/mol. The van der Waals surface area contributed by atoms with E-state index in [0.717, 1.165) is 5.52 Å². The molecule has 18 heavy (non-hydrogen) atoms. The molecule has 0 aromatic carbocycles. The highest BCUT2D eigenvalue weighted by atomic mass is 19.1. The molecule has 0 bridgehead atoms. The van der Waals surface area contributed by atoms with Gasteiger partial charge in [0.2, 0.25) is 0 Å². The second-order valence-corrected chi connectivity index (χ2v) is 3.51. The summed E-state index contributed by atoms with van der Waals surface area (Å²) in [6.07, 6.45) is 4.47. The van der Waals surface area contributed by atoms with E-state index in [9.17, 15) is 4.39 Å². The molecule has 2 heterocycles. The van der Waals surface area contributed by atoms with E-state index in [2.05, 4.69) is 21.7 Å². The third-order valence-electron chi connectivity index (χ3n) is 2.33. The van der Waals surface area contributed by atoms with E-state index in [1.165, 1.54) is 17.7 Å². The molecule has 0 aliphatic rings. The molecule has 0 amide bonds. The summed E-state index contributed by atoms with van der Waals surface area (Å²) in [5.41, 5.74) is 6.91. The quantitative estimate of drug-likeness (QED) is 0.665. The predicted octanol–water partition coefficient (Wildman–Crippen LogP) is 2.09. The van der Waals surface area contributed by atoms with Crippen molar-refractivity contribution in [3.63, 3.8) is 0 Å². The molecule has 0 saturated heterocycles. The highest BCUT2D eigenvalue weighted by Crippen LogP contribution is 2.15. The molecular weight excluding hydrogens is 233 g/mol. The van der Waals surface area contributed by atoms with Crippen LogP contribution in [0.25, 0.3) is 16.9 Å². The number of aliphatic imine (C=N–C) groups is 1. The molecule has 2 N–H and O–H groups in total. The first-order chi connectivity index (χ1) is 8.63.